The molecular weight excluding hydrogens is 509 g/mol. The molecule has 0 unspecified atom stereocenters. The minimum absolute atomic E-state index is 0.142. The van der Waals surface area contributed by atoms with Gasteiger partial charge in [0, 0.05) is 22.1 Å². The first-order chi connectivity index (χ1) is 16.1. The molecule has 0 aliphatic heterocycles. The predicted octanol–water partition coefficient (Wildman–Crippen LogP) is 4.79. The normalized spacial score (nSPS) is 12.7. The third kappa shape index (κ3) is 8.70. The lowest BCUT2D eigenvalue weighted by molar-refractivity contribution is -0.141. The van der Waals surface area contributed by atoms with Gasteiger partial charge in [-0.15, -0.1) is 0 Å². The molecule has 0 aromatic heterocycles. The molecule has 0 spiro atoms. The van der Waals surface area contributed by atoms with E-state index < -0.39 is 34.1 Å². The van der Waals surface area contributed by atoms with Gasteiger partial charge in [-0.25, -0.2) is 8.42 Å². The van der Waals surface area contributed by atoms with E-state index in [9.17, 15) is 18.0 Å². The van der Waals surface area contributed by atoms with Crippen LogP contribution in [0.5, 0.6) is 0 Å². The quantitative estimate of drug-likeness (QED) is 0.494. The van der Waals surface area contributed by atoms with Crippen molar-refractivity contribution < 1.29 is 18.0 Å². The Bertz CT molecular complexity index is 1140. The fourth-order valence-corrected chi connectivity index (χ4v) is 4.91. The number of amides is 2. The van der Waals surface area contributed by atoms with Crippen LogP contribution in [0.3, 0.4) is 0 Å². The van der Waals surface area contributed by atoms with E-state index in [1.807, 2.05) is 58.9 Å². The van der Waals surface area contributed by atoms with Crippen LogP contribution in [0, 0.1) is 6.92 Å². The number of carbonyl (C=O) groups is 2. The molecule has 0 aliphatic carbocycles. The molecule has 2 amide bonds. The number of aryl methyl sites for hydroxylation is 1. The number of halogens is 2. The number of sulfonamides is 1. The maximum atomic E-state index is 13.7. The fraction of sp³-hybridized carbons (Fsp3) is 0.440. The number of rotatable bonds is 9. The van der Waals surface area contributed by atoms with Crippen molar-refractivity contribution in [3.8, 4) is 0 Å². The molecule has 2 aromatic carbocycles. The Kier molecular flexibility index (Phi) is 9.62. The van der Waals surface area contributed by atoms with Crippen LogP contribution in [0.2, 0.25) is 10.0 Å². The van der Waals surface area contributed by atoms with Gasteiger partial charge in [-0.05, 0) is 57.9 Å². The summed E-state index contributed by atoms with van der Waals surface area (Å²) in [7, 11) is -3.87. The SMILES string of the molecule is CC[C@@H](C(=O)NC(C)(C)C)N(Cc1ccc(C)cc1)C(=O)CN(c1cc(Cl)cc(Cl)c1)S(C)(=O)=O. The molecule has 0 aliphatic rings. The maximum absolute atomic E-state index is 13.7. The molecule has 0 saturated heterocycles. The summed E-state index contributed by atoms with van der Waals surface area (Å²) >= 11 is 12.2. The smallest absolute Gasteiger partial charge is 0.244 e. The summed E-state index contributed by atoms with van der Waals surface area (Å²) in [6, 6.07) is 11.1. The van der Waals surface area contributed by atoms with E-state index in [1.165, 1.54) is 23.1 Å². The number of nitrogens with zero attached hydrogens (tertiary/aromatic N) is 2. The van der Waals surface area contributed by atoms with Gasteiger partial charge in [0.15, 0.2) is 0 Å². The number of hydrogen-bond acceptors (Lipinski definition) is 4. The molecule has 0 heterocycles. The molecule has 0 bridgehead atoms. The second kappa shape index (κ2) is 11.6. The second-order valence-electron chi connectivity index (χ2n) is 9.57. The standard InChI is InChI=1S/C25H33Cl2N3O4S/c1-7-22(24(32)28-25(3,4)5)29(15-18-10-8-17(2)9-11-18)23(31)16-30(35(6,33)34)21-13-19(26)12-20(27)14-21/h8-14,22H,7,15-16H2,1-6H3,(H,28,32)/t22-/m0/s1. The molecule has 2 rings (SSSR count). The lowest BCUT2D eigenvalue weighted by Crippen LogP contribution is -2.55. The van der Waals surface area contributed by atoms with E-state index in [0.29, 0.717) is 6.42 Å². The highest BCUT2D eigenvalue weighted by Gasteiger charge is 2.33. The third-order valence-corrected chi connectivity index (χ3v) is 6.75. The fourth-order valence-electron chi connectivity index (χ4n) is 3.56. The van der Waals surface area contributed by atoms with Crippen LogP contribution in [0.4, 0.5) is 5.69 Å². The third-order valence-electron chi connectivity index (χ3n) is 5.17. The Labute approximate surface area is 218 Å². The topological polar surface area (TPSA) is 86.8 Å². The van der Waals surface area contributed by atoms with Crippen LogP contribution in [-0.2, 0) is 26.2 Å². The Morgan fingerprint density at radius 2 is 1.57 bits per heavy atom. The average Bonchev–Trinajstić information content (AvgIpc) is 2.70. The number of hydrogen-bond donors (Lipinski definition) is 1. The summed E-state index contributed by atoms with van der Waals surface area (Å²) in [5.74, 6) is -0.833. The van der Waals surface area contributed by atoms with E-state index in [2.05, 4.69) is 5.32 Å². The molecular formula is C25H33Cl2N3O4S. The van der Waals surface area contributed by atoms with Gasteiger partial charge in [0.25, 0.3) is 0 Å². The molecule has 10 heteroatoms. The number of anilines is 1. The zero-order valence-corrected chi connectivity index (χ0v) is 23.3. The minimum atomic E-state index is -3.87. The highest BCUT2D eigenvalue weighted by molar-refractivity contribution is 7.92. The Morgan fingerprint density at radius 3 is 2.03 bits per heavy atom. The first-order valence-electron chi connectivity index (χ1n) is 11.2. The van der Waals surface area contributed by atoms with Crippen LogP contribution < -0.4 is 9.62 Å². The molecule has 35 heavy (non-hydrogen) atoms. The molecule has 0 fully saturated rings. The van der Waals surface area contributed by atoms with Gasteiger partial charge < -0.3 is 10.2 Å². The number of nitrogens with one attached hydrogen (secondary N) is 1. The van der Waals surface area contributed by atoms with Gasteiger partial charge in [-0.1, -0.05) is 60.0 Å². The van der Waals surface area contributed by atoms with Crippen LogP contribution in [0.25, 0.3) is 0 Å². The zero-order chi connectivity index (χ0) is 26.6. The number of carbonyl (C=O) groups excluding carboxylic acids is 2. The van der Waals surface area contributed by atoms with Crippen molar-refractivity contribution >= 4 is 50.7 Å². The van der Waals surface area contributed by atoms with Gasteiger partial charge in [-0.3, -0.25) is 13.9 Å². The van der Waals surface area contributed by atoms with Crippen molar-refractivity contribution in [2.75, 3.05) is 17.1 Å². The van der Waals surface area contributed by atoms with Crippen molar-refractivity contribution in [2.45, 2.75) is 59.2 Å². The van der Waals surface area contributed by atoms with Crippen LogP contribution >= 0.6 is 23.2 Å². The highest BCUT2D eigenvalue weighted by Crippen LogP contribution is 2.27. The highest BCUT2D eigenvalue weighted by atomic mass is 35.5. The summed E-state index contributed by atoms with van der Waals surface area (Å²) in [6.07, 6.45) is 1.35. The Hall–Kier alpha value is -2.29. The molecule has 192 valence electrons. The molecule has 0 radical (unpaired) electrons. The zero-order valence-electron chi connectivity index (χ0n) is 20.9. The predicted molar refractivity (Wildman–Crippen MR) is 142 cm³/mol. The lowest BCUT2D eigenvalue weighted by atomic mass is 10.1. The molecule has 1 N–H and O–H groups in total. The maximum Gasteiger partial charge on any atom is 0.244 e. The van der Waals surface area contributed by atoms with E-state index in [-0.39, 0.29) is 28.2 Å². The summed E-state index contributed by atoms with van der Waals surface area (Å²) in [5, 5.41) is 3.41. The summed E-state index contributed by atoms with van der Waals surface area (Å²) in [5.41, 5.74) is 1.55. The van der Waals surface area contributed by atoms with Gasteiger partial charge in [0.1, 0.15) is 12.6 Å². The van der Waals surface area contributed by atoms with Crippen molar-refractivity contribution in [1.82, 2.24) is 10.2 Å². The molecule has 1 atom stereocenters. The van der Waals surface area contributed by atoms with Crippen molar-refractivity contribution in [1.29, 1.82) is 0 Å². The van der Waals surface area contributed by atoms with Crippen LogP contribution in [0.1, 0.15) is 45.2 Å². The Morgan fingerprint density at radius 1 is 1.03 bits per heavy atom. The van der Waals surface area contributed by atoms with Crippen LogP contribution in [0.15, 0.2) is 42.5 Å². The van der Waals surface area contributed by atoms with Gasteiger partial charge >= 0.3 is 0 Å². The first kappa shape index (κ1) is 28.9. The van der Waals surface area contributed by atoms with Crippen LogP contribution in [-0.4, -0.2) is 49.5 Å². The monoisotopic (exact) mass is 541 g/mol. The van der Waals surface area contributed by atoms with Gasteiger partial charge in [-0.2, -0.15) is 0 Å². The Balaban J connectivity index is 2.48. The van der Waals surface area contributed by atoms with Gasteiger partial charge in [0.2, 0.25) is 21.8 Å². The average molecular weight is 543 g/mol. The van der Waals surface area contributed by atoms with Crippen molar-refractivity contribution in [3.05, 3.63) is 63.6 Å². The lowest BCUT2D eigenvalue weighted by Gasteiger charge is -2.34. The largest absolute Gasteiger partial charge is 0.350 e. The van der Waals surface area contributed by atoms with Crippen molar-refractivity contribution in [3.63, 3.8) is 0 Å². The molecule has 0 saturated carbocycles. The van der Waals surface area contributed by atoms with E-state index in [0.717, 1.165) is 21.7 Å². The van der Waals surface area contributed by atoms with E-state index >= 15 is 0 Å². The summed E-state index contributed by atoms with van der Waals surface area (Å²) in [6.45, 7) is 8.98. The van der Waals surface area contributed by atoms with Gasteiger partial charge in [0.05, 0.1) is 11.9 Å². The van der Waals surface area contributed by atoms with E-state index in [4.69, 9.17) is 23.2 Å². The summed E-state index contributed by atoms with van der Waals surface area (Å²) < 4.78 is 26.3. The minimum Gasteiger partial charge on any atom is -0.350 e. The van der Waals surface area contributed by atoms with E-state index in [1.54, 1.807) is 0 Å². The molecule has 2 aromatic rings. The number of benzene rings is 2. The van der Waals surface area contributed by atoms with Crippen molar-refractivity contribution in [2.24, 2.45) is 0 Å². The first-order valence-corrected chi connectivity index (χ1v) is 13.8. The molecule has 7 nitrogen and oxygen atoms in total. The summed E-state index contributed by atoms with van der Waals surface area (Å²) in [4.78, 5) is 28.2. The second-order valence-corrected chi connectivity index (χ2v) is 12.3.